The minimum Gasteiger partial charge on any atom is -0.493 e. The zero-order valence-electron chi connectivity index (χ0n) is 17.1. The van der Waals surface area contributed by atoms with Crippen molar-refractivity contribution in [1.29, 1.82) is 0 Å². The highest BCUT2D eigenvalue weighted by atomic mass is 35.5. The second kappa shape index (κ2) is 11.4. The number of carbonyl (C=O) groups is 1. The van der Waals surface area contributed by atoms with Gasteiger partial charge in [-0.1, -0.05) is 41.1 Å². The number of amides is 1. The van der Waals surface area contributed by atoms with Crippen LogP contribution in [0.3, 0.4) is 0 Å². The molecule has 0 N–H and O–H groups in total. The number of aromatic nitrogens is 1. The molecule has 0 atom stereocenters. The highest BCUT2D eigenvalue weighted by Crippen LogP contribution is 2.33. The molecule has 0 aliphatic heterocycles. The molecule has 1 aromatic heterocycles. The van der Waals surface area contributed by atoms with Crippen molar-refractivity contribution in [3.05, 3.63) is 47.5 Å². The van der Waals surface area contributed by atoms with Crippen molar-refractivity contribution in [3.63, 3.8) is 0 Å². The Balaban J connectivity index is 0.00000320. The zero-order chi connectivity index (χ0) is 20.8. The van der Waals surface area contributed by atoms with Crippen LogP contribution in [-0.4, -0.2) is 56.7 Å². The van der Waals surface area contributed by atoms with Gasteiger partial charge in [0.15, 0.2) is 23.2 Å². The van der Waals surface area contributed by atoms with E-state index in [2.05, 4.69) is 9.88 Å². The maximum absolute atomic E-state index is 13.0. The van der Waals surface area contributed by atoms with Gasteiger partial charge in [-0.3, -0.25) is 9.69 Å². The third-order valence-corrected chi connectivity index (χ3v) is 5.65. The Morgan fingerprint density at radius 1 is 1.10 bits per heavy atom. The zero-order valence-corrected chi connectivity index (χ0v) is 19.5. The Morgan fingerprint density at radius 3 is 2.50 bits per heavy atom. The largest absolute Gasteiger partial charge is 0.493 e. The third kappa shape index (κ3) is 5.98. The first kappa shape index (κ1) is 24.2. The van der Waals surface area contributed by atoms with Gasteiger partial charge in [-0.15, -0.1) is 12.4 Å². The number of anilines is 1. The van der Waals surface area contributed by atoms with Crippen molar-refractivity contribution in [2.45, 2.75) is 6.42 Å². The van der Waals surface area contributed by atoms with E-state index < -0.39 is 0 Å². The first-order valence-electron chi connectivity index (χ1n) is 9.25. The van der Waals surface area contributed by atoms with Crippen molar-refractivity contribution in [1.82, 2.24) is 9.88 Å². The van der Waals surface area contributed by atoms with Crippen LogP contribution in [0.5, 0.6) is 11.5 Å². The maximum Gasteiger partial charge on any atom is 0.266 e. The molecular weight excluding hydrogens is 445 g/mol. The molecule has 0 aliphatic carbocycles. The van der Waals surface area contributed by atoms with Gasteiger partial charge in [-0.05, 0) is 51.3 Å². The minimum atomic E-state index is -0.162. The van der Waals surface area contributed by atoms with Gasteiger partial charge < -0.3 is 14.4 Å². The smallest absolute Gasteiger partial charge is 0.266 e. The summed E-state index contributed by atoms with van der Waals surface area (Å²) in [5.74, 6) is 0.958. The number of methoxy groups -OCH3 is 1. The fourth-order valence-electron chi connectivity index (χ4n) is 2.85. The summed E-state index contributed by atoms with van der Waals surface area (Å²) < 4.78 is 12.0. The number of fused-ring (bicyclic) bond motifs is 1. The molecule has 1 heterocycles. The average Bonchev–Trinajstić information content (AvgIpc) is 3.14. The molecule has 6 nitrogen and oxygen atoms in total. The van der Waals surface area contributed by atoms with Crippen molar-refractivity contribution >= 4 is 56.6 Å². The van der Waals surface area contributed by atoms with Gasteiger partial charge in [0.05, 0.1) is 16.8 Å². The summed E-state index contributed by atoms with van der Waals surface area (Å²) in [4.78, 5) is 21.4. The summed E-state index contributed by atoms with van der Waals surface area (Å²) in [6.07, 6.45) is 0.817. The van der Waals surface area contributed by atoms with E-state index in [1.54, 1.807) is 30.2 Å². The molecule has 0 aliphatic rings. The van der Waals surface area contributed by atoms with E-state index in [-0.39, 0.29) is 24.9 Å². The molecule has 30 heavy (non-hydrogen) atoms. The number of halogens is 2. The third-order valence-electron chi connectivity index (χ3n) is 4.30. The van der Waals surface area contributed by atoms with E-state index in [1.807, 2.05) is 38.4 Å². The predicted octanol–water partition coefficient (Wildman–Crippen LogP) is 4.74. The summed E-state index contributed by atoms with van der Waals surface area (Å²) in [6, 6.07) is 12.9. The van der Waals surface area contributed by atoms with Crippen molar-refractivity contribution in [2.24, 2.45) is 0 Å². The van der Waals surface area contributed by atoms with Gasteiger partial charge in [-0.25, -0.2) is 4.98 Å². The topological polar surface area (TPSA) is 54.9 Å². The van der Waals surface area contributed by atoms with Gasteiger partial charge in [0.25, 0.3) is 5.91 Å². The number of carbonyl (C=O) groups excluding carboxylic acids is 1. The van der Waals surface area contributed by atoms with Gasteiger partial charge in [0.1, 0.15) is 5.52 Å². The molecule has 2 aromatic carbocycles. The lowest BCUT2D eigenvalue weighted by molar-refractivity contribution is -0.120. The molecule has 0 unspecified atom stereocenters. The van der Waals surface area contributed by atoms with Crippen LogP contribution < -0.4 is 14.4 Å². The van der Waals surface area contributed by atoms with Gasteiger partial charge in [0, 0.05) is 6.54 Å². The quantitative estimate of drug-likeness (QED) is 0.452. The summed E-state index contributed by atoms with van der Waals surface area (Å²) in [7, 11) is 5.59. The molecule has 3 rings (SSSR count). The molecule has 0 saturated heterocycles. The Labute approximate surface area is 191 Å². The Bertz CT molecular complexity index is 981. The van der Waals surface area contributed by atoms with Crippen molar-refractivity contribution in [2.75, 3.05) is 45.8 Å². The molecular formula is C21H25Cl2N3O3S. The highest BCUT2D eigenvalue weighted by Gasteiger charge is 2.21. The summed E-state index contributed by atoms with van der Waals surface area (Å²) in [5, 5.41) is 1.21. The predicted molar refractivity (Wildman–Crippen MR) is 126 cm³/mol. The first-order valence-corrected chi connectivity index (χ1v) is 10.4. The minimum absolute atomic E-state index is 0. The lowest BCUT2D eigenvalue weighted by Crippen LogP contribution is -2.36. The Kier molecular flexibility index (Phi) is 9.17. The monoisotopic (exact) mass is 469 g/mol. The van der Waals surface area contributed by atoms with E-state index >= 15 is 0 Å². The molecule has 0 spiro atoms. The number of benzene rings is 2. The van der Waals surface area contributed by atoms with Gasteiger partial charge in [-0.2, -0.15) is 0 Å². The Hall–Kier alpha value is -2.06. The summed E-state index contributed by atoms with van der Waals surface area (Å²) >= 11 is 7.72. The van der Waals surface area contributed by atoms with Crippen LogP contribution >= 0.6 is 35.3 Å². The first-order chi connectivity index (χ1) is 14.0. The lowest BCUT2D eigenvalue weighted by atomic mass is 10.3. The number of ether oxygens (including phenoxy) is 2. The lowest BCUT2D eigenvalue weighted by Gasteiger charge is -2.21. The molecule has 0 radical (unpaired) electrons. The highest BCUT2D eigenvalue weighted by molar-refractivity contribution is 7.22. The van der Waals surface area contributed by atoms with E-state index in [4.69, 9.17) is 21.1 Å². The number of nitrogens with zero attached hydrogens (tertiary/aromatic N) is 3. The molecule has 9 heteroatoms. The van der Waals surface area contributed by atoms with E-state index in [0.29, 0.717) is 33.7 Å². The number of hydrogen-bond donors (Lipinski definition) is 0. The molecule has 162 valence electrons. The van der Waals surface area contributed by atoms with Crippen LogP contribution in [0, 0.1) is 0 Å². The molecule has 0 saturated carbocycles. The van der Waals surface area contributed by atoms with Crippen LogP contribution in [0.1, 0.15) is 6.42 Å². The molecule has 1 amide bonds. The van der Waals surface area contributed by atoms with E-state index in [1.165, 1.54) is 11.3 Å². The molecule has 0 fully saturated rings. The fraction of sp³-hybridized carbons (Fsp3) is 0.333. The number of para-hydroxylation sites is 3. The van der Waals surface area contributed by atoms with Gasteiger partial charge in [0.2, 0.25) is 0 Å². The van der Waals surface area contributed by atoms with Crippen LogP contribution in [-0.2, 0) is 4.79 Å². The number of rotatable bonds is 9. The van der Waals surface area contributed by atoms with Crippen LogP contribution in [0.25, 0.3) is 10.2 Å². The molecule has 0 bridgehead atoms. The Morgan fingerprint density at radius 2 is 1.83 bits per heavy atom. The SMILES string of the molecule is COc1ccccc1OCC(=O)N(CCCN(C)C)c1nc2c(Cl)cccc2s1.Cl. The second-order valence-corrected chi connectivity index (χ2v) is 8.14. The van der Waals surface area contributed by atoms with Crippen LogP contribution in [0.4, 0.5) is 5.13 Å². The average molecular weight is 470 g/mol. The second-order valence-electron chi connectivity index (χ2n) is 6.72. The summed E-state index contributed by atoms with van der Waals surface area (Å²) in [5.41, 5.74) is 0.713. The van der Waals surface area contributed by atoms with E-state index in [0.717, 1.165) is 17.7 Å². The maximum atomic E-state index is 13.0. The number of thiazole rings is 1. The van der Waals surface area contributed by atoms with E-state index in [9.17, 15) is 4.79 Å². The van der Waals surface area contributed by atoms with Crippen LogP contribution in [0.2, 0.25) is 5.02 Å². The van der Waals surface area contributed by atoms with Gasteiger partial charge >= 0.3 is 0 Å². The van der Waals surface area contributed by atoms with Crippen LogP contribution in [0.15, 0.2) is 42.5 Å². The number of hydrogen-bond acceptors (Lipinski definition) is 6. The normalized spacial score (nSPS) is 10.7. The van der Waals surface area contributed by atoms with Crippen molar-refractivity contribution in [3.8, 4) is 11.5 Å². The van der Waals surface area contributed by atoms with Crippen molar-refractivity contribution < 1.29 is 14.3 Å². The fourth-order valence-corrected chi connectivity index (χ4v) is 4.15. The summed E-state index contributed by atoms with van der Waals surface area (Å²) in [6.45, 7) is 1.30. The standard InChI is InChI=1S/C21H24ClN3O3S.ClH/c1-24(2)12-7-13-25(21-23-20-15(22)8-6-11-18(20)29-21)19(26)14-28-17-10-5-4-9-16(17)27-3;/h4-6,8-11H,7,12-14H2,1-3H3;1H. The molecule has 3 aromatic rings.